The third-order valence-corrected chi connectivity index (χ3v) is 2.13. The largest absolute Gasteiger partial charge is 0.443 e. The lowest BCUT2D eigenvalue weighted by Gasteiger charge is -2.26. The summed E-state index contributed by atoms with van der Waals surface area (Å²) in [6.45, 7) is 9.25. The molecule has 1 aliphatic heterocycles. The monoisotopic (exact) mass is 259 g/mol. The molecule has 2 amide bonds. The first-order valence-electron chi connectivity index (χ1n) is 6.42. The Kier molecular flexibility index (Phi) is 6.91. The Morgan fingerprint density at radius 1 is 1.44 bits per heavy atom. The van der Waals surface area contributed by atoms with Gasteiger partial charge in [0.2, 0.25) is 5.91 Å². The minimum atomic E-state index is -0.663. The normalized spacial score (nSPS) is 19.3. The zero-order valence-electron chi connectivity index (χ0n) is 12.0. The number of hydrogen-bond acceptors (Lipinski definition) is 4. The number of aliphatic hydroxyl groups excluding tert-OH is 1. The summed E-state index contributed by atoms with van der Waals surface area (Å²) in [6.07, 6.45) is 1.39. The van der Waals surface area contributed by atoms with Gasteiger partial charge in [-0.05, 0) is 27.2 Å². The van der Waals surface area contributed by atoms with E-state index in [1.54, 1.807) is 20.8 Å². The molecule has 0 aromatic heterocycles. The SMILES string of the molecule is CC(C)(C)OC(=O)N1C(=O)CCC1CO.CCC. The van der Waals surface area contributed by atoms with Gasteiger partial charge in [0.25, 0.3) is 0 Å². The molecule has 0 aromatic carbocycles. The molecule has 1 N–H and O–H groups in total. The molecule has 0 radical (unpaired) electrons. The fraction of sp³-hybridized carbons (Fsp3) is 0.846. The number of ether oxygens (including phenoxy) is 1. The van der Waals surface area contributed by atoms with Gasteiger partial charge in [-0.25, -0.2) is 9.69 Å². The van der Waals surface area contributed by atoms with Gasteiger partial charge in [0, 0.05) is 6.42 Å². The molecule has 0 spiro atoms. The number of amides is 2. The van der Waals surface area contributed by atoms with Gasteiger partial charge in [0.15, 0.2) is 0 Å². The van der Waals surface area contributed by atoms with Crippen LogP contribution >= 0.6 is 0 Å². The first kappa shape index (κ1) is 16.9. The topological polar surface area (TPSA) is 66.8 Å². The van der Waals surface area contributed by atoms with E-state index >= 15 is 0 Å². The van der Waals surface area contributed by atoms with Crippen molar-refractivity contribution in [2.24, 2.45) is 0 Å². The van der Waals surface area contributed by atoms with Crippen molar-refractivity contribution in [3.8, 4) is 0 Å². The molecule has 0 saturated carbocycles. The van der Waals surface area contributed by atoms with Crippen LogP contribution in [0.25, 0.3) is 0 Å². The average molecular weight is 259 g/mol. The molecule has 1 saturated heterocycles. The summed E-state index contributed by atoms with van der Waals surface area (Å²) in [5, 5.41) is 9.00. The first-order valence-corrected chi connectivity index (χ1v) is 6.42. The molecule has 0 aromatic rings. The van der Waals surface area contributed by atoms with Crippen LogP contribution in [-0.2, 0) is 9.53 Å². The van der Waals surface area contributed by atoms with Crippen LogP contribution in [0.2, 0.25) is 0 Å². The molecule has 5 nitrogen and oxygen atoms in total. The molecule has 5 heteroatoms. The van der Waals surface area contributed by atoms with Crippen LogP contribution in [0.3, 0.4) is 0 Å². The standard InChI is InChI=1S/C10H17NO4.C3H8/c1-10(2,3)15-9(14)11-7(6-12)4-5-8(11)13;1-3-2/h7,12H,4-6H2,1-3H3;3H2,1-2H3. The van der Waals surface area contributed by atoms with Gasteiger partial charge in [-0.2, -0.15) is 0 Å². The number of nitrogens with zero attached hydrogens (tertiary/aromatic N) is 1. The Bertz CT molecular complexity index is 283. The smallest absolute Gasteiger partial charge is 0.417 e. The van der Waals surface area contributed by atoms with E-state index in [4.69, 9.17) is 9.84 Å². The molecular weight excluding hydrogens is 234 g/mol. The molecule has 1 unspecified atom stereocenters. The van der Waals surface area contributed by atoms with Gasteiger partial charge in [-0.15, -0.1) is 0 Å². The Morgan fingerprint density at radius 3 is 2.33 bits per heavy atom. The quantitative estimate of drug-likeness (QED) is 0.784. The van der Waals surface area contributed by atoms with E-state index < -0.39 is 17.7 Å². The summed E-state index contributed by atoms with van der Waals surface area (Å²) < 4.78 is 5.08. The van der Waals surface area contributed by atoms with Gasteiger partial charge >= 0.3 is 6.09 Å². The predicted octanol–water partition coefficient (Wildman–Crippen LogP) is 2.32. The van der Waals surface area contributed by atoms with Crippen LogP contribution in [-0.4, -0.2) is 40.3 Å². The fourth-order valence-electron chi connectivity index (χ4n) is 1.48. The highest BCUT2D eigenvalue weighted by Gasteiger charge is 2.37. The van der Waals surface area contributed by atoms with Gasteiger partial charge in [0.1, 0.15) is 5.60 Å². The number of carbonyl (C=O) groups is 2. The van der Waals surface area contributed by atoms with Crippen LogP contribution in [0.5, 0.6) is 0 Å². The van der Waals surface area contributed by atoms with E-state index in [1.165, 1.54) is 6.42 Å². The molecule has 1 atom stereocenters. The fourth-order valence-corrected chi connectivity index (χ4v) is 1.48. The summed E-state index contributed by atoms with van der Waals surface area (Å²) in [5.74, 6) is -0.275. The highest BCUT2D eigenvalue weighted by atomic mass is 16.6. The van der Waals surface area contributed by atoms with Crippen molar-refractivity contribution < 1.29 is 19.4 Å². The van der Waals surface area contributed by atoms with Gasteiger partial charge in [-0.3, -0.25) is 4.79 Å². The summed E-state index contributed by atoms with van der Waals surface area (Å²) in [6, 6.07) is -0.424. The number of likely N-dealkylation sites (tertiary alicyclic amines) is 1. The van der Waals surface area contributed by atoms with Crippen LogP contribution in [0.4, 0.5) is 4.79 Å². The number of rotatable bonds is 1. The van der Waals surface area contributed by atoms with Crippen molar-refractivity contribution in [2.75, 3.05) is 6.61 Å². The third kappa shape index (κ3) is 5.49. The molecule has 1 aliphatic rings. The Morgan fingerprint density at radius 2 is 1.94 bits per heavy atom. The zero-order chi connectivity index (χ0) is 14.3. The molecule has 0 aliphatic carbocycles. The molecule has 18 heavy (non-hydrogen) atoms. The lowest BCUT2D eigenvalue weighted by Crippen LogP contribution is -2.43. The van der Waals surface area contributed by atoms with Crippen molar-refractivity contribution in [3.63, 3.8) is 0 Å². The van der Waals surface area contributed by atoms with E-state index in [-0.39, 0.29) is 12.5 Å². The van der Waals surface area contributed by atoms with Crippen molar-refractivity contribution in [1.29, 1.82) is 0 Å². The summed E-state index contributed by atoms with van der Waals surface area (Å²) in [7, 11) is 0. The van der Waals surface area contributed by atoms with Crippen molar-refractivity contribution in [3.05, 3.63) is 0 Å². The number of imide groups is 1. The maximum absolute atomic E-state index is 11.6. The highest BCUT2D eigenvalue weighted by Crippen LogP contribution is 2.21. The van der Waals surface area contributed by atoms with Crippen molar-refractivity contribution in [1.82, 2.24) is 4.90 Å². The molecular formula is C13H25NO4. The first-order chi connectivity index (χ1) is 8.26. The summed E-state index contributed by atoms with van der Waals surface area (Å²) in [4.78, 5) is 24.0. The summed E-state index contributed by atoms with van der Waals surface area (Å²) in [5.41, 5.74) is -0.625. The van der Waals surface area contributed by atoms with Crippen LogP contribution in [0, 0.1) is 0 Å². The Balaban J connectivity index is 0.000000873. The second-order valence-corrected chi connectivity index (χ2v) is 5.33. The van der Waals surface area contributed by atoms with E-state index in [1.807, 2.05) is 0 Å². The van der Waals surface area contributed by atoms with Crippen molar-refractivity contribution in [2.45, 2.75) is 65.5 Å². The average Bonchev–Trinajstić information content (AvgIpc) is 2.58. The van der Waals surface area contributed by atoms with Gasteiger partial charge in [-0.1, -0.05) is 20.3 Å². The molecule has 1 fully saturated rings. The predicted molar refractivity (Wildman–Crippen MR) is 69.2 cm³/mol. The lowest BCUT2D eigenvalue weighted by molar-refractivity contribution is -0.128. The number of aliphatic hydroxyl groups is 1. The lowest BCUT2D eigenvalue weighted by atomic mass is 10.2. The maximum atomic E-state index is 11.6. The Hall–Kier alpha value is -1.10. The highest BCUT2D eigenvalue weighted by molar-refractivity contribution is 5.94. The van der Waals surface area contributed by atoms with Crippen LogP contribution in [0.1, 0.15) is 53.9 Å². The van der Waals surface area contributed by atoms with Crippen LogP contribution < -0.4 is 0 Å². The zero-order valence-corrected chi connectivity index (χ0v) is 12.0. The van der Waals surface area contributed by atoms with Gasteiger partial charge in [0.05, 0.1) is 12.6 Å². The minimum absolute atomic E-state index is 0.203. The van der Waals surface area contributed by atoms with Crippen LogP contribution in [0.15, 0.2) is 0 Å². The Labute approximate surface area is 109 Å². The van der Waals surface area contributed by atoms with E-state index in [9.17, 15) is 9.59 Å². The molecule has 106 valence electrons. The van der Waals surface area contributed by atoms with Crippen molar-refractivity contribution >= 4 is 12.0 Å². The minimum Gasteiger partial charge on any atom is -0.443 e. The second-order valence-electron chi connectivity index (χ2n) is 5.33. The number of carbonyl (C=O) groups excluding carboxylic acids is 2. The maximum Gasteiger partial charge on any atom is 0.417 e. The molecule has 1 rings (SSSR count). The van der Waals surface area contributed by atoms with E-state index in [0.29, 0.717) is 12.8 Å². The summed E-state index contributed by atoms with van der Waals surface area (Å²) >= 11 is 0. The third-order valence-electron chi connectivity index (χ3n) is 2.13. The number of hydrogen-bond donors (Lipinski definition) is 1. The molecule has 0 bridgehead atoms. The van der Waals surface area contributed by atoms with Gasteiger partial charge < -0.3 is 9.84 Å². The van der Waals surface area contributed by atoms with E-state index in [0.717, 1.165) is 4.90 Å². The second kappa shape index (κ2) is 7.36. The molecule has 1 heterocycles. The van der Waals surface area contributed by atoms with E-state index in [2.05, 4.69) is 13.8 Å².